The normalized spacial score (nSPS) is 12.3. The average Bonchev–Trinajstić information content (AvgIpc) is 2.77. The van der Waals surface area contributed by atoms with Gasteiger partial charge in [0.15, 0.2) is 0 Å². The first-order valence-electron chi connectivity index (χ1n) is 9.48. The van der Waals surface area contributed by atoms with Gasteiger partial charge in [-0.25, -0.2) is 10.1 Å². The fourth-order valence-corrected chi connectivity index (χ4v) is 2.67. The van der Waals surface area contributed by atoms with Gasteiger partial charge in [-0.3, -0.25) is 39.6 Å². The quantitative estimate of drug-likeness (QED) is 0.344. The average molecular weight is 444 g/mol. The van der Waals surface area contributed by atoms with Crippen molar-refractivity contribution >= 4 is 23.6 Å². The minimum absolute atomic E-state index is 0.192. The molecular formula is C20H24N6O6. The Balaban J connectivity index is 2.20. The molecule has 0 radical (unpaired) electrons. The number of likely N-dealkylation sites (N-methyl/N-ethyl adjacent to an activating group) is 2. The van der Waals surface area contributed by atoms with Gasteiger partial charge in [-0.2, -0.15) is 0 Å². The Kier molecular flexibility index (Phi) is 7.93. The largest absolute Gasteiger partial charge is 0.340 e. The van der Waals surface area contributed by atoms with Crippen molar-refractivity contribution in [2.45, 2.75) is 25.9 Å². The van der Waals surface area contributed by atoms with E-state index in [4.69, 9.17) is 0 Å². The van der Waals surface area contributed by atoms with E-state index in [-0.39, 0.29) is 11.1 Å². The number of hydrogen-bond acceptors (Lipinski definition) is 8. The van der Waals surface area contributed by atoms with Crippen molar-refractivity contribution in [3.8, 4) is 11.4 Å². The molecule has 170 valence electrons. The predicted octanol–water partition coefficient (Wildman–Crippen LogP) is 0.0754. The number of aromatic nitrogens is 2. The summed E-state index contributed by atoms with van der Waals surface area (Å²) in [6, 6.07) is 3.84. The molecule has 0 aromatic carbocycles. The van der Waals surface area contributed by atoms with Crippen LogP contribution in [0.2, 0.25) is 0 Å². The maximum Gasteiger partial charge on any atom is 0.267 e. The number of amides is 4. The number of hydroxylamine groups is 4. The zero-order valence-corrected chi connectivity index (χ0v) is 17.9. The van der Waals surface area contributed by atoms with Crippen LogP contribution in [0.5, 0.6) is 0 Å². The van der Waals surface area contributed by atoms with Crippen LogP contribution in [0.4, 0.5) is 0 Å². The van der Waals surface area contributed by atoms with Crippen LogP contribution in [0.1, 0.15) is 34.6 Å². The van der Waals surface area contributed by atoms with Crippen molar-refractivity contribution in [3.05, 3.63) is 47.8 Å². The highest BCUT2D eigenvalue weighted by atomic mass is 16.5. The molecule has 0 saturated heterocycles. The van der Waals surface area contributed by atoms with Crippen molar-refractivity contribution < 1.29 is 29.6 Å². The lowest BCUT2D eigenvalue weighted by Crippen LogP contribution is -2.44. The van der Waals surface area contributed by atoms with E-state index in [0.29, 0.717) is 21.5 Å². The molecule has 0 unspecified atom stereocenters. The molecule has 2 aromatic heterocycles. The van der Waals surface area contributed by atoms with E-state index >= 15 is 0 Å². The summed E-state index contributed by atoms with van der Waals surface area (Å²) in [5.74, 6) is -2.50. The first-order valence-corrected chi connectivity index (χ1v) is 9.48. The lowest BCUT2D eigenvalue weighted by molar-refractivity contribution is -0.161. The summed E-state index contributed by atoms with van der Waals surface area (Å²) < 4.78 is 0. The number of carbonyl (C=O) groups excluding carboxylic acids is 4. The van der Waals surface area contributed by atoms with E-state index in [2.05, 4.69) is 20.6 Å². The number of rotatable bonds is 7. The molecule has 0 aliphatic carbocycles. The molecule has 12 nitrogen and oxygen atoms in total. The molecule has 2 rings (SSSR count). The van der Waals surface area contributed by atoms with Crippen molar-refractivity contribution in [3.63, 3.8) is 0 Å². The summed E-state index contributed by atoms with van der Waals surface area (Å²) in [6.07, 6.45) is 2.75. The van der Waals surface area contributed by atoms with Gasteiger partial charge in [0.1, 0.15) is 12.1 Å². The van der Waals surface area contributed by atoms with Gasteiger partial charge >= 0.3 is 0 Å². The molecule has 0 fully saturated rings. The fourth-order valence-electron chi connectivity index (χ4n) is 2.67. The summed E-state index contributed by atoms with van der Waals surface area (Å²) >= 11 is 0. The van der Waals surface area contributed by atoms with Crippen LogP contribution in [0.15, 0.2) is 36.7 Å². The van der Waals surface area contributed by atoms with Crippen LogP contribution in [0.3, 0.4) is 0 Å². The van der Waals surface area contributed by atoms with Gasteiger partial charge in [0.25, 0.3) is 23.6 Å². The Morgan fingerprint density at radius 3 is 1.44 bits per heavy atom. The van der Waals surface area contributed by atoms with Gasteiger partial charge in [-0.1, -0.05) is 0 Å². The third-order valence-electron chi connectivity index (χ3n) is 4.38. The van der Waals surface area contributed by atoms with Crippen LogP contribution < -0.4 is 10.6 Å². The van der Waals surface area contributed by atoms with Crippen molar-refractivity contribution in [1.29, 1.82) is 0 Å². The highest BCUT2D eigenvalue weighted by molar-refractivity contribution is 5.99. The van der Waals surface area contributed by atoms with Crippen LogP contribution in [-0.2, 0) is 9.59 Å². The summed E-state index contributed by atoms with van der Waals surface area (Å²) in [7, 11) is 2.31. The summed E-state index contributed by atoms with van der Waals surface area (Å²) in [5, 5.41) is 24.1. The molecule has 4 N–H and O–H groups in total. The Hall–Kier alpha value is -3.90. The predicted molar refractivity (Wildman–Crippen MR) is 110 cm³/mol. The number of hydrogen-bond donors (Lipinski definition) is 4. The van der Waals surface area contributed by atoms with Crippen molar-refractivity contribution in [2.24, 2.45) is 0 Å². The van der Waals surface area contributed by atoms with Crippen LogP contribution in [0.25, 0.3) is 11.4 Å². The van der Waals surface area contributed by atoms with E-state index in [1.807, 2.05) is 0 Å². The summed E-state index contributed by atoms with van der Waals surface area (Å²) in [6.45, 7) is 2.86. The van der Waals surface area contributed by atoms with Gasteiger partial charge in [0.2, 0.25) is 0 Å². The number of pyridine rings is 2. The van der Waals surface area contributed by atoms with Gasteiger partial charge in [0.05, 0.1) is 11.4 Å². The first kappa shape index (κ1) is 24.4. The van der Waals surface area contributed by atoms with Gasteiger partial charge in [-0.05, 0) is 38.1 Å². The van der Waals surface area contributed by atoms with Gasteiger partial charge in [0, 0.05) is 37.6 Å². The van der Waals surface area contributed by atoms with Crippen molar-refractivity contribution in [1.82, 2.24) is 30.7 Å². The Bertz CT molecular complexity index is 944. The number of nitrogens with one attached hydrogen (secondary N) is 2. The molecule has 0 bridgehead atoms. The first-order chi connectivity index (χ1) is 15.0. The zero-order valence-electron chi connectivity index (χ0n) is 17.9. The molecule has 2 atom stereocenters. The van der Waals surface area contributed by atoms with E-state index in [1.54, 1.807) is 0 Å². The second-order valence-electron chi connectivity index (χ2n) is 6.97. The molecule has 32 heavy (non-hydrogen) atoms. The van der Waals surface area contributed by atoms with Gasteiger partial charge < -0.3 is 10.6 Å². The Labute approximate surface area is 183 Å². The highest BCUT2D eigenvalue weighted by Crippen LogP contribution is 2.17. The molecule has 0 aliphatic rings. The molecule has 0 spiro atoms. The SMILES string of the molecule is C[C@H](NC(=O)c1ccnc(-c2cc(C(=O)N[C@@H](C)C(=O)N(C)O)ccn2)c1)C(=O)N(C)O. The van der Waals surface area contributed by atoms with Gasteiger partial charge in [-0.15, -0.1) is 0 Å². The maximum absolute atomic E-state index is 12.4. The third kappa shape index (κ3) is 6.06. The van der Waals surface area contributed by atoms with E-state index in [9.17, 15) is 29.6 Å². The zero-order chi connectivity index (χ0) is 24.0. The second-order valence-corrected chi connectivity index (χ2v) is 6.97. The smallest absolute Gasteiger partial charge is 0.267 e. The third-order valence-corrected chi connectivity index (χ3v) is 4.38. The van der Waals surface area contributed by atoms with Crippen LogP contribution >= 0.6 is 0 Å². The molecule has 0 aliphatic heterocycles. The Morgan fingerprint density at radius 1 is 0.781 bits per heavy atom. The lowest BCUT2D eigenvalue weighted by Gasteiger charge is -2.17. The minimum atomic E-state index is -0.957. The molecule has 4 amide bonds. The highest BCUT2D eigenvalue weighted by Gasteiger charge is 2.21. The molecule has 12 heteroatoms. The van der Waals surface area contributed by atoms with E-state index < -0.39 is 35.7 Å². The molecular weight excluding hydrogens is 420 g/mol. The summed E-state index contributed by atoms with van der Waals surface area (Å²) in [5.41, 5.74) is 0.976. The van der Waals surface area contributed by atoms with Crippen LogP contribution in [0, 0.1) is 0 Å². The monoisotopic (exact) mass is 444 g/mol. The van der Waals surface area contributed by atoms with Crippen LogP contribution in [-0.4, -0.2) is 80.3 Å². The van der Waals surface area contributed by atoms with E-state index in [1.165, 1.54) is 50.5 Å². The minimum Gasteiger partial charge on any atom is -0.340 e. The standard InChI is InChI=1S/C20H24N6O6/c1-11(19(29)25(3)31)23-17(27)13-5-7-21-15(9-13)16-10-14(6-8-22-16)18(28)24-12(2)20(30)26(4)32/h5-12,31-32H,1-4H3,(H,23,27)(H,24,28)/t11-,12-/m0/s1. The number of carbonyl (C=O) groups is 4. The molecule has 2 aromatic rings. The second kappa shape index (κ2) is 10.4. The number of nitrogens with zero attached hydrogens (tertiary/aromatic N) is 4. The Morgan fingerprint density at radius 2 is 1.12 bits per heavy atom. The maximum atomic E-state index is 12.4. The fraction of sp³-hybridized carbons (Fsp3) is 0.300. The topological polar surface area (TPSA) is 165 Å². The summed E-state index contributed by atoms with van der Waals surface area (Å²) in [4.78, 5) is 56.7. The van der Waals surface area contributed by atoms with Crippen molar-refractivity contribution in [2.75, 3.05) is 14.1 Å². The molecule has 2 heterocycles. The van der Waals surface area contributed by atoms with E-state index in [0.717, 1.165) is 14.1 Å². The lowest BCUT2D eigenvalue weighted by atomic mass is 10.1. The molecule has 0 saturated carbocycles.